The molecule has 0 bridgehead atoms. The van der Waals surface area contributed by atoms with Crippen LogP contribution in [0.15, 0.2) is 17.5 Å². The van der Waals surface area contributed by atoms with Crippen molar-refractivity contribution in [2.75, 3.05) is 0 Å². The van der Waals surface area contributed by atoms with Gasteiger partial charge in [-0.05, 0) is 24.8 Å². The number of hydrogen-bond acceptors (Lipinski definition) is 3. The van der Waals surface area contributed by atoms with Gasteiger partial charge in [-0.3, -0.25) is 0 Å². The lowest BCUT2D eigenvalue weighted by Gasteiger charge is -2.02. The summed E-state index contributed by atoms with van der Waals surface area (Å²) in [6.07, 6.45) is 0.900. The van der Waals surface area contributed by atoms with Crippen LogP contribution >= 0.6 is 11.3 Å². The molecule has 2 aromatic heterocycles. The number of rotatable bonds is 3. The molecule has 0 fully saturated rings. The molecule has 1 atom stereocenters. The number of H-pyrrole nitrogens is 1. The van der Waals surface area contributed by atoms with Crippen molar-refractivity contribution in [2.24, 2.45) is 5.73 Å². The van der Waals surface area contributed by atoms with E-state index in [9.17, 15) is 0 Å². The highest BCUT2D eigenvalue weighted by molar-refractivity contribution is 7.13. The summed E-state index contributed by atoms with van der Waals surface area (Å²) in [5, 5.41) is 2.06. The summed E-state index contributed by atoms with van der Waals surface area (Å²) in [5.41, 5.74) is 8.06. The van der Waals surface area contributed by atoms with Crippen LogP contribution in [-0.2, 0) is 0 Å². The molecule has 2 heterocycles. The van der Waals surface area contributed by atoms with Crippen molar-refractivity contribution in [3.05, 3.63) is 29.0 Å². The minimum absolute atomic E-state index is 0.0115. The van der Waals surface area contributed by atoms with E-state index in [1.165, 1.54) is 4.88 Å². The molecule has 0 aromatic carbocycles. The van der Waals surface area contributed by atoms with Gasteiger partial charge in [0, 0.05) is 5.69 Å². The van der Waals surface area contributed by atoms with Crippen LogP contribution in [-0.4, -0.2) is 9.97 Å². The first-order valence-electron chi connectivity index (χ1n) is 5.08. The summed E-state index contributed by atoms with van der Waals surface area (Å²) in [6, 6.07) is 4.13. The molecule has 2 rings (SSSR count). The van der Waals surface area contributed by atoms with E-state index in [0.717, 1.165) is 23.6 Å². The Morgan fingerprint density at radius 1 is 1.60 bits per heavy atom. The van der Waals surface area contributed by atoms with E-state index in [4.69, 9.17) is 5.73 Å². The molecular weight excluding hydrogens is 206 g/mol. The van der Waals surface area contributed by atoms with Gasteiger partial charge in [-0.2, -0.15) is 0 Å². The lowest BCUT2D eigenvalue weighted by molar-refractivity contribution is 0.657. The van der Waals surface area contributed by atoms with Gasteiger partial charge in [0.05, 0.1) is 10.9 Å². The molecule has 0 aliphatic heterocycles. The lowest BCUT2D eigenvalue weighted by atomic mass is 10.2. The van der Waals surface area contributed by atoms with Gasteiger partial charge in [0.25, 0.3) is 0 Å². The minimum Gasteiger partial charge on any atom is -0.344 e. The molecule has 0 spiro atoms. The fourth-order valence-corrected chi connectivity index (χ4v) is 2.28. The summed E-state index contributed by atoms with van der Waals surface area (Å²) >= 11 is 1.70. The maximum Gasteiger partial charge on any atom is 0.124 e. The third kappa shape index (κ3) is 1.96. The van der Waals surface area contributed by atoms with Crippen molar-refractivity contribution in [1.29, 1.82) is 0 Å². The molecule has 15 heavy (non-hydrogen) atoms. The van der Waals surface area contributed by atoms with E-state index >= 15 is 0 Å². The molecule has 0 saturated carbocycles. The monoisotopic (exact) mass is 221 g/mol. The number of thiophene rings is 1. The Kier molecular flexibility index (Phi) is 2.88. The molecule has 0 radical (unpaired) electrons. The zero-order valence-corrected chi connectivity index (χ0v) is 9.77. The molecule has 2 aromatic rings. The summed E-state index contributed by atoms with van der Waals surface area (Å²) in [5.74, 6) is 0.887. The SMILES string of the molecule is CCC(N)c1nc(-c2cccs2)c(C)[nH]1. The first kappa shape index (κ1) is 10.4. The van der Waals surface area contributed by atoms with Crippen LogP contribution in [0.3, 0.4) is 0 Å². The van der Waals surface area contributed by atoms with E-state index in [0.29, 0.717) is 0 Å². The number of nitrogens with zero attached hydrogens (tertiary/aromatic N) is 1. The van der Waals surface area contributed by atoms with E-state index in [-0.39, 0.29) is 6.04 Å². The Morgan fingerprint density at radius 2 is 2.40 bits per heavy atom. The number of nitrogens with two attached hydrogens (primary N) is 1. The predicted molar refractivity (Wildman–Crippen MR) is 63.9 cm³/mol. The van der Waals surface area contributed by atoms with Crippen molar-refractivity contribution in [3.8, 4) is 10.6 Å². The Hall–Kier alpha value is -1.13. The maximum atomic E-state index is 5.94. The maximum absolute atomic E-state index is 5.94. The zero-order valence-electron chi connectivity index (χ0n) is 8.95. The highest BCUT2D eigenvalue weighted by Gasteiger charge is 2.13. The van der Waals surface area contributed by atoms with Gasteiger partial charge < -0.3 is 10.7 Å². The second kappa shape index (κ2) is 4.16. The Labute approximate surface area is 93.4 Å². The first-order chi connectivity index (χ1) is 7.22. The fraction of sp³-hybridized carbons (Fsp3) is 0.364. The van der Waals surface area contributed by atoms with Gasteiger partial charge in [-0.1, -0.05) is 13.0 Å². The normalized spacial score (nSPS) is 13.0. The Balaban J connectivity index is 2.38. The molecule has 4 heteroatoms. The molecule has 0 aliphatic rings. The second-order valence-corrected chi connectivity index (χ2v) is 4.54. The summed E-state index contributed by atoms with van der Waals surface area (Å²) in [7, 11) is 0. The van der Waals surface area contributed by atoms with Gasteiger partial charge >= 0.3 is 0 Å². The van der Waals surface area contributed by atoms with Gasteiger partial charge in [0.2, 0.25) is 0 Å². The van der Waals surface area contributed by atoms with Crippen molar-refractivity contribution < 1.29 is 0 Å². The number of hydrogen-bond donors (Lipinski definition) is 2. The zero-order chi connectivity index (χ0) is 10.8. The number of imidazole rings is 1. The van der Waals surface area contributed by atoms with Crippen LogP contribution in [0.5, 0.6) is 0 Å². The average Bonchev–Trinajstić information content (AvgIpc) is 2.84. The average molecular weight is 221 g/mol. The van der Waals surface area contributed by atoms with Gasteiger partial charge in [-0.25, -0.2) is 4.98 Å². The smallest absolute Gasteiger partial charge is 0.124 e. The fourth-order valence-electron chi connectivity index (χ4n) is 1.51. The van der Waals surface area contributed by atoms with Crippen molar-refractivity contribution in [1.82, 2.24) is 9.97 Å². The number of nitrogens with one attached hydrogen (secondary N) is 1. The van der Waals surface area contributed by atoms with Crippen molar-refractivity contribution in [2.45, 2.75) is 26.3 Å². The second-order valence-electron chi connectivity index (χ2n) is 3.59. The standard InChI is InChI=1S/C11H15N3S/c1-3-8(12)11-13-7(2)10(14-11)9-5-4-6-15-9/h4-6,8H,3,12H2,1-2H3,(H,13,14). The van der Waals surface area contributed by atoms with Crippen LogP contribution in [0, 0.1) is 6.92 Å². The topological polar surface area (TPSA) is 54.7 Å². The molecule has 0 saturated heterocycles. The molecule has 3 N–H and O–H groups in total. The first-order valence-corrected chi connectivity index (χ1v) is 5.96. The van der Waals surface area contributed by atoms with Gasteiger partial charge in [0.15, 0.2) is 0 Å². The van der Waals surface area contributed by atoms with Crippen molar-refractivity contribution in [3.63, 3.8) is 0 Å². The third-order valence-corrected chi connectivity index (χ3v) is 3.33. The summed E-state index contributed by atoms with van der Waals surface area (Å²) < 4.78 is 0. The minimum atomic E-state index is 0.0115. The summed E-state index contributed by atoms with van der Waals surface area (Å²) in [4.78, 5) is 9.00. The quantitative estimate of drug-likeness (QED) is 0.837. The van der Waals surface area contributed by atoms with Crippen molar-refractivity contribution >= 4 is 11.3 Å². The van der Waals surface area contributed by atoms with E-state index < -0.39 is 0 Å². The molecule has 3 nitrogen and oxygen atoms in total. The van der Waals surface area contributed by atoms with Gasteiger partial charge in [0.1, 0.15) is 11.5 Å². The predicted octanol–water partition coefficient (Wildman–Crippen LogP) is 2.86. The van der Waals surface area contributed by atoms with E-state index in [2.05, 4.69) is 28.3 Å². The highest BCUT2D eigenvalue weighted by Crippen LogP contribution is 2.27. The highest BCUT2D eigenvalue weighted by atomic mass is 32.1. The number of aromatic amines is 1. The van der Waals surface area contributed by atoms with Crippen LogP contribution in [0.1, 0.15) is 30.9 Å². The molecular formula is C11H15N3S. The van der Waals surface area contributed by atoms with Crippen LogP contribution in [0.2, 0.25) is 0 Å². The molecule has 0 aliphatic carbocycles. The number of aromatic nitrogens is 2. The van der Waals surface area contributed by atoms with E-state index in [1.54, 1.807) is 11.3 Å². The molecule has 80 valence electrons. The third-order valence-electron chi connectivity index (χ3n) is 2.45. The van der Waals surface area contributed by atoms with Crippen LogP contribution in [0.4, 0.5) is 0 Å². The molecule has 0 amide bonds. The van der Waals surface area contributed by atoms with Gasteiger partial charge in [-0.15, -0.1) is 11.3 Å². The lowest BCUT2D eigenvalue weighted by Crippen LogP contribution is -2.10. The Morgan fingerprint density at radius 3 is 3.00 bits per heavy atom. The van der Waals surface area contributed by atoms with Crippen LogP contribution in [0.25, 0.3) is 10.6 Å². The van der Waals surface area contributed by atoms with E-state index in [1.807, 2.05) is 13.0 Å². The van der Waals surface area contributed by atoms with Crippen LogP contribution < -0.4 is 5.73 Å². The largest absolute Gasteiger partial charge is 0.344 e. The molecule has 1 unspecified atom stereocenters. The Bertz CT molecular complexity index is 431. The number of aryl methyl sites for hydroxylation is 1. The summed E-state index contributed by atoms with van der Waals surface area (Å²) in [6.45, 7) is 4.10.